The number of piperidine rings is 1. The number of hydrogen-bond donors (Lipinski definition) is 1. The van der Waals surface area contributed by atoms with Gasteiger partial charge in [-0.3, -0.25) is 4.79 Å². The van der Waals surface area contributed by atoms with Gasteiger partial charge < -0.3 is 10.1 Å². The molecule has 2 heterocycles. The summed E-state index contributed by atoms with van der Waals surface area (Å²) in [7, 11) is -3.22. The second kappa shape index (κ2) is 8.92. The maximum absolute atomic E-state index is 12.8. The molecule has 2 aliphatic rings. The van der Waals surface area contributed by atoms with E-state index in [0.29, 0.717) is 43.1 Å². The molecule has 0 saturated carbocycles. The lowest BCUT2D eigenvalue weighted by Crippen LogP contribution is -2.40. The molecule has 1 aliphatic heterocycles. The summed E-state index contributed by atoms with van der Waals surface area (Å²) in [4.78, 5) is 26.6. The molecule has 0 spiro atoms. The quantitative estimate of drug-likeness (QED) is 0.704. The molecule has 1 amide bonds. The molecule has 1 aromatic heterocycles. The first-order chi connectivity index (χ1) is 13.3. The van der Waals surface area contributed by atoms with Crippen LogP contribution in [0.5, 0.6) is 0 Å². The van der Waals surface area contributed by atoms with E-state index in [1.807, 2.05) is 6.92 Å². The molecule has 0 radical (unpaired) electrons. The van der Waals surface area contributed by atoms with Gasteiger partial charge in [0.15, 0.2) is 0 Å². The number of carbonyl (C=O) groups is 2. The third kappa shape index (κ3) is 4.75. The summed E-state index contributed by atoms with van der Waals surface area (Å²) >= 11 is 1.48. The molecule has 7 nitrogen and oxygen atoms in total. The molecule has 1 aromatic rings. The van der Waals surface area contributed by atoms with Crippen LogP contribution in [0, 0.1) is 5.92 Å². The number of thiophene rings is 1. The Labute approximate surface area is 170 Å². The minimum Gasteiger partial charge on any atom is -0.462 e. The normalized spacial score (nSPS) is 18.5. The fourth-order valence-electron chi connectivity index (χ4n) is 3.80. The molecule has 3 rings (SSSR count). The molecular weight excluding hydrogens is 400 g/mol. The molecule has 0 aromatic carbocycles. The van der Waals surface area contributed by atoms with Gasteiger partial charge in [-0.25, -0.2) is 17.5 Å². The molecule has 1 fully saturated rings. The standard InChI is InChI=1S/C19H28N2O5S2/c1-3-12-26-19(23)16-14-6-4-5-7-15(14)27-18(16)20-17(22)13-8-10-21(11-9-13)28(2,24)25/h13H,3-12H2,1-2H3,(H,20,22). The van der Waals surface area contributed by atoms with Crippen LogP contribution in [0.4, 0.5) is 5.00 Å². The fourth-order valence-corrected chi connectivity index (χ4v) is 5.95. The van der Waals surface area contributed by atoms with E-state index in [-0.39, 0.29) is 17.8 Å². The van der Waals surface area contributed by atoms with E-state index in [4.69, 9.17) is 4.74 Å². The number of esters is 1. The van der Waals surface area contributed by atoms with Crippen molar-refractivity contribution in [2.75, 3.05) is 31.3 Å². The second-order valence-corrected chi connectivity index (χ2v) is 10.6. The number of sulfonamides is 1. The van der Waals surface area contributed by atoms with Gasteiger partial charge in [0.2, 0.25) is 15.9 Å². The van der Waals surface area contributed by atoms with E-state index in [1.165, 1.54) is 21.9 Å². The monoisotopic (exact) mass is 428 g/mol. The van der Waals surface area contributed by atoms with Crippen LogP contribution in [0.1, 0.15) is 59.8 Å². The van der Waals surface area contributed by atoms with E-state index >= 15 is 0 Å². The molecule has 156 valence electrons. The zero-order valence-corrected chi connectivity index (χ0v) is 18.1. The van der Waals surface area contributed by atoms with Gasteiger partial charge in [0, 0.05) is 23.9 Å². The van der Waals surface area contributed by atoms with Crippen LogP contribution < -0.4 is 5.32 Å². The third-order valence-corrected chi connectivity index (χ3v) is 7.85. The van der Waals surface area contributed by atoms with E-state index in [0.717, 1.165) is 42.5 Å². The number of fused-ring (bicyclic) bond motifs is 1. The second-order valence-electron chi connectivity index (χ2n) is 7.48. The van der Waals surface area contributed by atoms with Crippen LogP contribution in [-0.2, 0) is 32.4 Å². The molecule has 0 unspecified atom stereocenters. The van der Waals surface area contributed by atoms with Crippen molar-refractivity contribution in [3.63, 3.8) is 0 Å². The maximum Gasteiger partial charge on any atom is 0.341 e. The largest absolute Gasteiger partial charge is 0.462 e. The number of hydrogen-bond acceptors (Lipinski definition) is 6. The highest BCUT2D eigenvalue weighted by molar-refractivity contribution is 7.88. The van der Waals surface area contributed by atoms with Gasteiger partial charge in [0.05, 0.1) is 18.4 Å². The number of nitrogens with one attached hydrogen (secondary N) is 1. The summed E-state index contributed by atoms with van der Waals surface area (Å²) in [6, 6.07) is 0. The Morgan fingerprint density at radius 3 is 2.54 bits per heavy atom. The van der Waals surface area contributed by atoms with Gasteiger partial charge in [-0.05, 0) is 50.5 Å². The smallest absolute Gasteiger partial charge is 0.341 e. The molecule has 0 bridgehead atoms. The minimum atomic E-state index is -3.22. The summed E-state index contributed by atoms with van der Waals surface area (Å²) in [6.45, 7) is 3.01. The molecule has 28 heavy (non-hydrogen) atoms. The minimum absolute atomic E-state index is 0.142. The number of rotatable bonds is 6. The first-order valence-corrected chi connectivity index (χ1v) is 12.6. The fraction of sp³-hybridized carbons (Fsp3) is 0.684. The zero-order valence-electron chi connectivity index (χ0n) is 16.5. The van der Waals surface area contributed by atoms with Gasteiger partial charge in [-0.15, -0.1) is 11.3 Å². The Hall–Kier alpha value is -1.45. The lowest BCUT2D eigenvalue weighted by atomic mass is 9.95. The van der Waals surface area contributed by atoms with Crippen molar-refractivity contribution in [1.82, 2.24) is 4.31 Å². The highest BCUT2D eigenvalue weighted by Gasteiger charge is 2.32. The van der Waals surface area contributed by atoms with E-state index in [9.17, 15) is 18.0 Å². The van der Waals surface area contributed by atoms with E-state index in [2.05, 4.69) is 5.32 Å². The van der Waals surface area contributed by atoms with E-state index in [1.54, 1.807) is 0 Å². The van der Waals surface area contributed by atoms with Gasteiger partial charge >= 0.3 is 5.97 Å². The van der Waals surface area contributed by atoms with Crippen LogP contribution in [-0.4, -0.2) is 50.6 Å². The van der Waals surface area contributed by atoms with Crippen LogP contribution in [0.3, 0.4) is 0 Å². The Balaban J connectivity index is 1.74. The number of ether oxygens (including phenoxy) is 1. The summed E-state index contributed by atoms with van der Waals surface area (Å²) in [5, 5.41) is 3.55. The summed E-state index contributed by atoms with van der Waals surface area (Å²) < 4.78 is 30.1. The van der Waals surface area contributed by atoms with Crippen molar-refractivity contribution in [2.45, 2.75) is 51.9 Å². The molecular formula is C19H28N2O5S2. The van der Waals surface area contributed by atoms with Crippen LogP contribution in [0.25, 0.3) is 0 Å². The van der Waals surface area contributed by atoms with Crippen molar-refractivity contribution >= 4 is 38.2 Å². The Kier molecular flexibility index (Phi) is 6.77. The predicted molar refractivity (Wildman–Crippen MR) is 109 cm³/mol. The average molecular weight is 429 g/mol. The number of nitrogens with zero attached hydrogens (tertiary/aromatic N) is 1. The highest BCUT2D eigenvalue weighted by atomic mass is 32.2. The molecule has 9 heteroatoms. The number of aryl methyl sites for hydroxylation is 1. The topological polar surface area (TPSA) is 92.8 Å². The summed E-state index contributed by atoms with van der Waals surface area (Å²) in [6.07, 6.45) is 6.81. The SMILES string of the molecule is CCCOC(=O)c1c(NC(=O)C2CCN(S(C)(=O)=O)CC2)sc2c1CCCC2. The number of carbonyl (C=O) groups excluding carboxylic acids is 2. The Bertz CT molecular complexity index is 839. The molecule has 1 N–H and O–H groups in total. The van der Waals surface area contributed by atoms with Crippen molar-refractivity contribution in [3.8, 4) is 0 Å². The first-order valence-electron chi connectivity index (χ1n) is 9.89. The van der Waals surface area contributed by atoms with Crippen LogP contribution in [0.2, 0.25) is 0 Å². The summed E-state index contributed by atoms with van der Waals surface area (Å²) in [5.74, 6) is -0.753. The van der Waals surface area contributed by atoms with Gasteiger partial charge in [0.1, 0.15) is 5.00 Å². The number of anilines is 1. The molecule has 1 saturated heterocycles. The number of amides is 1. The maximum atomic E-state index is 12.8. The first kappa shape index (κ1) is 21.3. The summed E-state index contributed by atoms with van der Waals surface area (Å²) in [5.41, 5.74) is 1.55. The van der Waals surface area contributed by atoms with Crippen LogP contribution >= 0.6 is 11.3 Å². The van der Waals surface area contributed by atoms with Crippen molar-refractivity contribution < 1.29 is 22.7 Å². The zero-order chi connectivity index (χ0) is 20.3. The average Bonchev–Trinajstić information content (AvgIpc) is 3.03. The van der Waals surface area contributed by atoms with Crippen molar-refractivity contribution in [3.05, 3.63) is 16.0 Å². The molecule has 1 aliphatic carbocycles. The third-order valence-electron chi connectivity index (χ3n) is 5.34. The van der Waals surface area contributed by atoms with Gasteiger partial charge in [-0.1, -0.05) is 6.92 Å². The van der Waals surface area contributed by atoms with Gasteiger partial charge in [0.25, 0.3) is 0 Å². The predicted octanol–water partition coefficient (Wildman–Crippen LogP) is 2.80. The lowest BCUT2D eigenvalue weighted by Gasteiger charge is -2.29. The van der Waals surface area contributed by atoms with Crippen molar-refractivity contribution in [2.24, 2.45) is 5.92 Å². The molecule has 0 atom stereocenters. The highest BCUT2D eigenvalue weighted by Crippen LogP contribution is 2.39. The van der Waals surface area contributed by atoms with Crippen LogP contribution in [0.15, 0.2) is 0 Å². The Morgan fingerprint density at radius 1 is 1.21 bits per heavy atom. The van der Waals surface area contributed by atoms with Gasteiger partial charge in [-0.2, -0.15) is 0 Å². The lowest BCUT2D eigenvalue weighted by molar-refractivity contribution is -0.120. The Morgan fingerprint density at radius 2 is 1.89 bits per heavy atom. The van der Waals surface area contributed by atoms with Crippen molar-refractivity contribution in [1.29, 1.82) is 0 Å². The van der Waals surface area contributed by atoms with E-state index < -0.39 is 10.0 Å².